The van der Waals surface area contributed by atoms with E-state index in [1.165, 1.54) is 0 Å². The van der Waals surface area contributed by atoms with Crippen LogP contribution in [0, 0.1) is 0 Å². The Bertz CT molecular complexity index is 459. The molecule has 0 spiro atoms. The smallest absolute Gasteiger partial charge is 0.129 e. The van der Waals surface area contributed by atoms with Crippen molar-refractivity contribution in [3.8, 4) is 11.1 Å². The van der Waals surface area contributed by atoms with E-state index in [0.29, 0.717) is 12.4 Å². The Balaban J connectivity index is 2.61. The molecule has 4 N–H and O–H groups in total. The van der Waals surface area contributed by atoms with Crippen molar-refractivity contribution in [2.75, 3.05) is 5.73 Å². The van der Waals surface area contributed by atoms with E-state index in [1.54, 1.807) is 4.68 Å². The van der Waals surface area contributed by atoms with Crippen molar-refractivity contribution in [1.82, 2.24) is 9.78 Å². The highest BCUT2D eigenvalue weighted by Crippen LogP contribution is 2.28. The average Bonchev–Trinajstić information content (AvgIpc) is 2.56. The average molecular weight is 202 g/mol. The van der Waals surface area contributed by atoms with Crippen LogP contribution in [0.15, 0.2) is 30.3 Å². The maximum atomic E-state index is 5.96. The Hall–Kier alpha value is -1.81. The molecule has 0 fully saturated rings. The lowest BCUT2D eigenvalue weighted by Gasteiger charge is -2.01. The molecule has 0 saturated carbocycles. The molecule has 4 heteroatoms. The molecular weight excluding hydrogens is 188 g/mol. The van der Waals surface area contributed by atoms with E-state index >= 15 is 0 Å². The summed E-state index contributed by atoms with van der Waals surface area (Å²) in [5, 5.41) is 4.27. The predicted octanol–water partition coefficient (Wildman–Crippen LogP) is 1.13. The van der Waals surface area contributed by atoms with Crippen molar-refractivity contribution in [3.63, 3.8) is 0 Å². The van der Waals surface area contributed by atoms with Gasteiger partial charge in [-0.3, -0.25) is 4.68 Å². The first-order valence-electron chi connectivity index (χ1n) is 4.81. The van der Waals surface area contributed by atoms with Crippen molar-refractivity contribution in [3.05, 3.63) is 36.0 Å². The molecule has 0 aliphatic carbocycles. The van der Waals surface area contributed by atoms with Crippen molar-refractivity contribution in [2.24, 2.45) is 12.8 Å². The standard InChI is InChI=1S/C11H14N4/c1-15-11(13)10(9(7-12)14-15)8-5-3-2-4-6-8/h2-6H,7,12-13H2,1H3. The number of rotatable bonds is 2. The van der Waals surface area contributed by atoms with Crippen LogP contribution in [0.5, 0.6) is 0 Å². The number of hydrogen-bond donors (Lipinski definition) is 2. The molecule has 1 aromatic carbocycles. The number of nitrogens with two attached hydrogens (primary N) is 2. The lowest BCUT2D eigenvalue weighted by molar-refractivity contribution is 0.752. The highest BCUT2D eigenvalue weighted by molar-refractivity contribution is 5.76. The number of nitrogens with zero attached hydrogens (tertiary/aromatic N) is 2. The number of aryl methyl sites for hydroxylation is 1. The Labute approximate surface area is 88.5 Å². The van der Waals surface area contributed by atoms with E-state index in [0.717, 1.165) is 16.8 Å². The number of hydrogen-bond acceptors (Lipinski definition) is 3. The van der Waals surface area contributed by atoms with Gasteiger partial charge in [0, 0.05) is 19.2 Å². The summed E-state index contributed by atoms with van der Waals surface area (Å²) in [6.45, 7) is 0.398. The molecule has 0 atom stereocenters. The minimum absolute atomic E-state index is 0.398. The summed E-state index contributed by atoms with van der Waals surface area (Å²) in [6, 6.07) is 9.93. The predicted molar refractivity (Wildman–Crippen MR) is 60.9 cm³/mol. The van der Waals surface area contributed by atoms with E-state index < -0.39 is 0 Å². The number of anilines is 1. The molecule has 15 heavy (non-hydrogen) atoms. The fourth-order valence-electron chi connectivity index (χ4n) is 1.66. The molecule has 2 aromatic rings. The minimum Gasteiger partial charge on any atom is -0.383 e. The first kappa shape index (κ1) is 9.73. The third-order valence-electron chi connectivity index (χ3n) is 2.42. The molecule has 0 unspecified atom stereocenters. The maximum absolute atomic E-state index is 5.96. The molecule has 0 bridgehead atoms. The lowest BCUT2D eigenvalue weighted by Crippen LogP contribution is -1.99. The first-order valence-corrected chi connectivity index (χ1v) is 4.81. The molecule has 1 heterocycles. The van der Waals surface area contributed by atoms with Gasteiger partial charge < -0.3 is 11.5 Å². The van der Waals surface area contributed by atoms with Crippen LogP contribution in [-0.2, 0) is 13.6 Å². The molecule has 0 aliphatic heterocycles. The molecule has 0 saturated heterocycles. The van der Waals surface area contributed by atoms with Gasteiger partial charge in [-0.1, -0.05) is 30.3 Å². The Morgan fingerprint density at radius 2 is 1.93 bits per heavy atom. The summed E-state index contributed by atoms with van der Waals surface area (Å²) in [5.74, 6) is 0.654. The van der Waals surface area contributed by atoms with Crippen molar-refractivity contribution in [2.45, 2.75) is 6.54 Å². The van der Waals surface area contributed by atoms with Crippen LogP contribution in [0.25, 0.3) is 11.1 Å². The monoisotopic (exact) mass is 202 g/mol. The van der Waals surface area contributed by atoms with Gasteiger partial charge in [0.05, 0.1) is 5.69 Å². The summed E-state index contributed by atoms with van der Waals surface area (Å²) < 4.78 is 1.66. The number of benzene rings is 1. The molecule has 78 valence electrons. The summed E-state index contributed by atoms with van der Waals surface area (Å²) in [5.41, 5.74) is 14.4. The Kier molecular flexibility index (Phi) is 2.43. The van der Waals surface area contributed by atoms with Gasteiger partial charge in [-0.05, 0) is 5.56 Å². The lowest BCUT2D eigenvalue weighted by atomic mass is 10.1. The normalized spacial score (nSPS) is 10.5. The van der Waals surface area contributed by atoms with Gasteiger partial charge in [0.25, 0.3) is 0 Å². The van der Waals surface area contributed by atoms with Crippen molar-refractivity contribution < 1.29 is 0 Å². The third kappa shape index (κ3) is 1.59. The molecule has 4 nitrogen and oxygen atoms in total. The molecule has 0 amide bonds. The van der Waals surface area contributed by atoms with Crippen molar-refractivity contribution >= 4 is 5.82 Å². The largest absolute Gasteiger partial charge is 0.383 e. The minimum atomic E-state index is 0.398. The van der Waals surface area contributed by atoms with Crippen LogP contribution >= 0.6 is 0 Å². The van der Waals surface area contributed by atoms with Crippen molar-refractivity contribution in [1.29, 1.82) is 0 Å². The van der Waals surface area contributed by atoms with Gasteiger partial charge in [0.15, 0.2) is 0 Å². The second kappa shape index (κ2) is 3.74. The van der Waals surface area contributed by atoms with Gasteiger partial charge >= 0.3 is 0 Å². The topological polar surface area (TPSA) is 69.9 Å². The quantitative estimate of drug-likeness (QED) is 0.766. The van der Waals surface area contributed by atoms with Crippen LogP contribution in [0.1, 0.15) is 5.69 Å². The molecular formula is C11H14N4. The first-order chi connectivity index (χ1) is 7.24. The Morgan fingerprint density at radius 1 is 1.27 bits per heavy atom. The molecule has 0 radical (unpaired) electrons. The highest BCUT2D eigenvalue weighted by Gasteiger charge is 2.13. The summed E-state index contributed by atoms with van der Waals surface area (Å²) in [4.78, 5) is 0. The van der Waals surface area contributed by atoms with E-state index in [4.69, 9.17) is 11.5 Å². The summed E-state index contributed by atoms with van der Waals surface area (Å²) >= 11 is 0. The SMILES string of the molecule is Cn1nc(CN)c(-c2ccccc2)c1N. The van der Waals surface area contributed by atoms with E-state index in [9.17, 15) is 0 Å². The maximum Gasteiger partial charge on any atom is 0.129 e. The summed E-state index contributed by atoms with van der Waals surface area (Å²) in [7, 11) is 1.82. The van der Waals surface area contributed by atoms with Crippen LogP contribution in [0.3, 0.4) is 0 Å². The van der Waals surface area contributed by atoms with Gasteiger partial charge in [0.1, 0.15) is 5.82 Å². The van der Waals surface area contributed by atoms with Crippen LogP contribution < -0.4 is 11.5 Å². The molecule has 0 aliphatic rings. The fraction of sp³-hybridized carbons (Fsp3) is 0.182. The Morgan fingerprint density at radius 3 is 2.53 bits per heavy atom. The van der Waals surface area contributed by atoms with E-state index in [1.807, 2.05) is 37.4 Å². The fourth-order valence-corrected chi connectivity index (χ4v) is 1.66. The van der Waals surface area contributed by atoms with Gasteiger partial charge in [-0.15, -0.1) is 0 Å². The second-order valence-corrected chi connectivity index (χ2v) is 3.40. The van der Waals surface area contributed by atoms with Crippen LogP contribution in [-0.4, -0.2) is 9.78 Å². The molecule has 1 aromatic heterocycles. The zero-order valence-electron chi connectivity index (χ0n) is 8.64. The van der Waals surface area contributed by atoms with Crippen LogP contribution in [0.4, 0.5) is 5.82 Å². The van der Waals surface area contributed by atoms with E-state index in [-0.39, 0.29) is 0 Å². The zero-order chi connectivity index (χ0) is 10.8. The number of nitrogen functional groups attached to an aromatic ring is 1. The van der Waals surface area contributed by atoms with Gasteiger partial charge in [-0.2, -0.15) is 5.10 Å². The number of aromatic nitrogens is 2. The summed E-state index contributed by atoms with van der Waals surface area (Å²) in [6.07, 6.45) is 0. The molecule has 2 rings (SSSR count). The zero-order valence-corrected chi connectivity index (χ0v) is 8.64. The van der Waals surface area contributed by atoms with E-state index in [2.05, 4.69) is 5.10 Å². The van der Waals surface area contributed by atoms with Gasteiger partial charge in [-0.25, -0.2) is 0 Å². The highest BCUT2D eigenvalue weighted by atomic mass is 15.3. The van der Waals surface area contributed by atoms with Gasteiger partial charge in [0.2, 0.25) is 0 Å². The van der Waals surface area contributed by atoms with Crippen LogP contribution in [0.2, 0.25) is 0 Å². The third-order valence-corrected chi connectivity index (χ3v) is 2.42. The second-order valence-electron chi connectivity index (χ2n) is 3.40.